The van der Waals surface area contributed by atoms with Crippen LogP contribution in [0.2, 0.25) is 0 Å². The lowest BCUT2D eigenvalue weighted by Gasteiger charge is -2.11. The number of para-hydroxylation sites is 1. The monoisotopic (exact) mass is 246 g/mol. The van der Waals surface area contributed by atoms with Crippen LogP contribution in [-0.4, -0.2) is 4.57 Å². The van der Waals surface area contributed by atoms with E-state index in [9.17, 15) is 0 Å². The van der Waals surface area contributed by atoms with Crippen molar-refractivity contribution in [3.8, 4) is 0 Å². The SMILES string of the molecule is C=C/N=c1/c2ccccc2c2ccccc2n1C=C. The summed E-state index contributed by atoms with van der Waals surface area (Å²) in [6.45, 7) is 7.60. The van der Waals surface area contributed by atoms with Gasteiger partial charge in [-0.15, -0.1) is 0 Å². The van der Waals surface area contributed by atoms with Crippen LogP contribution in [0.1, 0.15) is 0 Å². The van der Waals surface area contributed by atoms with Gasteiger partial charge in [0, 0.05) is 23.2 Å². The van der Waals surface area contributed by atoms with Gasteiger partial charge in [0.1, 0.15) is 5.49 Å². The van der Waals surface area contributed by atoms with Crippen molar-refractivity contribution in [2.24, 2.45) is 4.99 Å². The van der Waals surface area contributed by atoms with E-state index in [1.54, 1.807) is 12.4 Å². The first-order valence-electron chi connectivity index (χ1n) is 6.16. The van der Waals surface area contributed by atoms with Crippen LogP contribution in [0.3, 0.4) is 0 Å². The molecule has 3 aromatic rings. The van der Waals surface area contributed by atoms with E-state index in [0.29, 0.717) is 0 Å². The second-order valence-corrected chi connectivity index (χ2v) is 4.25. The minimum Gasteiger partial charge on any atom is -0.301 e. The van der Waals surface area contributed by atoms with Crippen LogP contribution in [0.4, 0.5) is 0 Å². The summed E-state index contributed by atoms with van der Waals surface area (Å²) in [5, 5.41) is 3.49. The van der Waals surface area contributed by atoms with Gasteiger partial charge in [0.15, 0.2) is 0 Å². The molecule has 0 aliphatic rings. The maximum atomic E-state index is 4.41. The first-order valence-corrected chi connectivity index (χ1v) is 6.16. The molecule has 2 aromatic carbocycles. The Labute approximate surface area is 111 Å². The van der Waals surface area contributed by atoms with Gasteiger partial charge in [-0.25, -0.2) is 4.99 Å². The highest BCUT2D eigenvalue weighted by Gasteiger charge is 2.06. The van der Waals surface area contributed by atoms with Gasteiger partial charge in [0.05, 0.1) is 5.52 Å². The van der Waals surface area contributed by atoms with Gasteiger partial charge in [-0.3, -0.25) is 0 Å². The van der Waals surface area contributed by atoms with Crippen LogP contribution in [0, 0.1) is 0 Å². The number of rotatable bonds is 2. The van der Waals surface area contributed by atoms with E-state index in [4.69, 9.17) is 0 Å². The lowest BCUT2D eigenvalue weighted by molar-refractivity contribution is 1.08. The fraction of sp³-hybridized carbons (Fsp3) is 0. The summed E-state index contributed by atoms with van der Waals surface area (Å²) in [6.07, 6.45) is 3.35. The van der Waals surface area contributed by atoms with Gasteiger partial charge in [0.2, 0.25) is 0 Å². The second kappa shape index (κ2) is 4.58. The number of pyridine rings is 1. The Morgan fingerprint density at radius 1 is 0.842 bits per heavy atom. The number of hydrogen-bond donors (Lipinski definition) is 0. The molecule has 2 heteroatoms. The normalized spacial score (nSPS) is 11.9. The Morgan fingerprint density at radius 3 is 2.16 bits per heavy atom. The van der Waals surface area contributed by atoms with Crippen LogP contribution >= 0.6 is 0 Å². The third kappa shape index (κ3) is 1.69. The van der Waals surface area contributed by atoms with Gasteiger partial charge >= 0.3 is 0 Å². The Bertz CT molecular complexity index is 854. The predicted molar refractivity (Wildman–Crippen MR) is 81.6 cm³/mol. The van der Waals surface area contributed by atoms with E-state index in [0.717, 1.165) is 16.4 Å². The van der Waals surface area contributed by atoms with Crippen molar-refractivity contribution >= 4 is 27.9 Å². The van der Waals surface area contributed by atoms with Gasteiger partial charge < -0.3 is 4.57 Å². The van der Waals surface area contributed by atoms with E-state index >= 15 is 0 Å². The number of nitrogens with zero attached hydrogens (tertiary/aromatic N) is 2. The zero-order chi connectivity index (χ0) is 13.2. The molecular weight excluding hydrogens is 232 g/mol. The fourth-order valence-electron chi connectivity index (χ4n) is 2.47. The summed E-state index contributed by atoms with van der Waals surface area (Å²) >= 11 is 0. The number of fused-ring (bicyclic) bond motifs is 3. The number of hydrogen-bond acceptors (Lipinski definition) is 1. The molecule has 1 heterocycles. The quantitative estimate of drug-likeness (QED) is 0.609. The Kier molecular flexibility index (Phi) is 2.76. The molecule has 1 aromatic heterocycles. The zero-order valence-electron chi connectivity index (χ0n) is 10.6. The van der Waals surface area contributed by atoms with Gasteiger partial charge in [-0.1, -0.05) is 55.6 Å². The third-order valence-corrected chi connectivity index (χ3v) is 3.25. The average Bonchev–Trinajstić information content (AvgIpc) is 2.48. The molecule has 3 rings (SSSR count). The molecule has 0 fully saturated rings. The molecule has 19 heavy (non-hydrogen) atoms. The van der Waals surface area contributed by atoms with Crippen molar-refractivity contribution < 1.29 is 0 Å². The van der Waals surface area contributed by atoms with Crippen molar-refractivity contribution in [2.45, 2.75) is 0 Å². The minimum absolute atomic E-state index is 0.860. The Balaban J connectivity index is 2.73. The fourth-order valence-corrected chi connectivity index (χ4v) is 2.47. The molecule has 0 saturated heterocycles. The molecule has 0 spiro atoms. The van der Waals surface area contributed by atoms with Crippen molar-refractivity contribution in [3.05, 3.63) is 73.4 Å². The largest absolute Gasteiger partial charge is 0.301 e. The van der Waals surface area contributed by atoms with Crippen molar-refractivity contribution in [2.75, 3.05) is 0 Å². The van der Waals surface area contributed by atoms with Crippen LogP contribution in [-0.2, 0) is 0 Å². The first kappa shape index (κ1) is 11.5. The Hall–Kier alpha value is -2.61. The lowest BCUT2D eigenvalue weighted by atomic mass is 10.1. The van der Waals surface area contributed by atoms with E-state index in [1.807, 2.05) is 28.8 Å². The first-order chi connectivity index (χ1) is 9.36. The molecule has 0 bridgehead atoms. The Morgan fingerprint density at radius 2 is 1.47 bits per heavy atom. The van der Waals surface area contributed by atoms with Crippen molar-refractivity contribution in [3.63, 3.8) is 0 Å². The molecule has 0 aliphatic carbocycles. The zero-order valence-corrected chi connectivity index (χ0v) is 10.6. The summed E-state index contributed by atoms with van der Waals surface area (Å²) in [6, 6.07) is 16.5. The maximum absolute atomic E-state index is 4.41. The number of benzene rings is 2. The van der Waals surface area contributed by atoms with E-state index < -0.39 is 0 Å². The van der Waals surface area contributed by atoms with Gasteiger partial charge in [0.25, 0.3) is 0 Å². The molecule has 2 nitrogen and oxygen atoms in total. The summed E-state index contributed by atoms with van der Waals surface area (Å²) in [5.41, 5.74) is 1.95. The van der Waals surface area contributed by atoms with E-state index in [2.05, 4.69) is 42.4 Å². The summed E-state index contributed by atoms with van der Waals surface area (Å²) in [5.74, 6) is 0. The van der Waals surface area contributed by atoms with Gasteiger partial charge in [-0.05, 0) is 11.5 Å². The summed E-state index contributed by atoms with van der Waals surface area (Å²) in [7, 11) is 0. The van der Waals surface area contributed by atoms with Crippen molar-refractivity contribution in [1.82, 2.24) is 4.57 Å². The molecule has 0 amide bonds. The summed E-state index contributed by atoms with van der Waals surface area (Å²) < 4.78 is 2.00. The third-order valence-electron chi connectivity index (χ3n) is 3.25. The van der Waals surface area contributed by atoms with Gasteiger partial charge in [-0.2, -0.15) is 0 Å². The highest BCUT2D eigenvalue weighted by Crippen LogP contribution is 2.22. The van der Waals surface area contributed by atoms with Crippen LogP contribution in [0.25, 0.3) is 27.9 Å². The van der Waals surface area contributed by atoms with E-state index in [1.165, 1.54) is 10.8 Å². The molecule has 0 unspecified atom stereocenters. The predicted octanol–water partition coefficient (Wildman–Crippen LogP) is 3.94. The lowest BCUT2D eigenvalue weighted by Crippen LogP contribution is -2.17. The molecule has 0 atom stereocenters. The standard InChI is InChI=1S/C17H14N2/c1-3-18-17-15-11-6-5-9-13(15)14-10-7-8-12-16(14)19(17)4-2/h3-12H,1-2H2/b18-17-. The highest BCUT2D eigenvalue weighted by atomic mass is 15.0. The smallest absolute Gasteiger partial charge is 0.144 e. The van der Waals surface area contributed by atoms with Crippen LogP contribution < -0.4 is 5.49 Å². The van der Waals surface area contributed by atoms with Crippen molar-refractivity contribution in [1.29, 1.82) is 0 Å². The summed E-state index contributed by atoms with van der Waals surface area (Å²) in [4.78, 5) is 4.41. The number of aromatic nitrogens is 1. The average molecular weight is 246 g/mol. The molecule has 0 radical (unpaired) electrons. The molecule has 0 N–H and O–H groups in total. The van der Waals surface area contributed by atoms with Crippen LogP contribution in [0.15, 0.2) is 72.9 Å². The van der Waals surface area contributed by atoms with E-state index in [-0.39, 0.29) is 0 Å². The highest BCUT2D eigenvalue weighted by molar-refractivity contribution is 6.06. The topological polar surface area (TPSA) is 17.3 Å². The molecule has 0 aliphatic heterocycles. The minimum atomic E-state index is 0.860. The van der Waals surface area contributed by atoms with Crippen LogP contribution in [0.5, 0.6) is 0 Å². The maximum Gasteiger partial charge on any atom is 0.144 e. The second-order valence-electron chi connectivity index (χ2n) is 4.25. The molecule has 0 saturated carbocycles. The molecular formula is C17H14N2. The molecule has 92 valence electrons.